The van der Waals surface area contributed by atoms with E-state index in [1.807, 2.05) is 50.4 Å². The van der Waals surface area contributed by atoms with Crippen molar-refractivity contribution >= 4 is 17.2 Å². The molecular weight excluding hydrogens is 354 g/mol. The van der Waals surface area contributed by atoms with Crippen molar-refractivity contribution in [1.29, 1.82) is 5.41 Å². The van der Waals surface area contributed by atoms with Gasteiger partial charge in [0.15, 0.2) is 5.65 Å². The average molecular weight is 381 g/mol. The van der Waals surface area contributed by atoms with Crippen molar-refractivity contribution < 1.29 is 9.47 Å². The van der Waals surface area contributed by atoms with E-state index in [0.29, 0.717) is 29.7 Å². The fraction of sp³-hybridized carbons (Fsp3) is 0.381. The first kappa shape index (κ1) is 19.8. The first-order chi connectivity index (χ1) is 13.7. The molecule has 3 heterocycles. The van der Waals surface area contributed by atoms with E-state index in [1.54, 1.807) is 17.5 Å². The Hall–Kier alpha value is -2.93. The van der Waals surface area contributed by atoms with E-state index >= 15 is 0 Å². The molecule has 148 valence electrons. The van der Waals surface area contributed by atoms with Crippen molar-refractivity contribution in [2.75, 3.05) is 25.1 Å². The molecule has 3 aromatic rings. The zero-order valence-electron chi connectivity index (χ0n) is 16.6. The highest BCUT2D eigenvalue weighted by molar-refractivity contribution is 5.81. The van der Waals surface area contributed by atoms with Gasteiger partial charge in [-0.1, -0.05) is 26.0 Å². The minimum Gasteiger partial charge on any atom is -0.438 e. The van der Waals surface area contributed by atoms with E-state index < -0.39 is 0 Å². The van der Waals surface area contributed by atoms with Crippen molar-refractivity contribution in [2.24, 2.45) is 5.92 Å². The number of anilines is 1. The van der Waals surface area contributed by atoms with Crippen LogP contribution in [0.1, 0.15) is 26.3 Å². The van der Waals surface area contributed by atoms with E-state index in [0.717, 1.165) is 36.8 Å². The zero-order valence-corrected chi connectivity index (χ0v) is 16.6. The summed E-state index contributed by atoms with van der Waals surface area (Å²) >= 11 is 0. The second-order valence-electron chi connectivity index (χ2n) is 6.59. The summed E-state index contributed by atoms with van der Waals surface area (Å²) < 4.78 is 12.8. The van der Waals surface area contributed by atoms with Gasteiger partial charge < -0.3 is 20.2 Å². The monoisotopic (exact) mass is 381 g/mol. The summed E-state index contributed by atoms with van der Waals surface area (Å²) in [6.45, 7) is 8.28. The molecule has 1 saturated heterocycles. The molecule has 0 spiro atoms. The van der Waals surface area contributed by atoms with E-state index in [9.17, 15) is 0 Å². The summed E-state index contributed by atoms with van der Waals surface area (Å²) in [6.07, 6.45) is 2.47. The van der Waals surface area contributed by atoms with Gasteiger partial charge in [0.25, 0.3) is 0 Å². The summed E-state index contributed by atoms with van der Waals surface area (Å²) in [5, 5.41) is 15.4. The largest absolute Gasteiger partial charge is 0.438 e. The summed E-state index contributed by atoms with van der Waals surface area (Å²) in [7, 11) is 0. The van der Waals surface area contributed by atoms with Gasteiger partial charge in [0.1, 0.15) is 11.6 Å². The maximum absolute atomic E-state index is 7.62. The Balaban J connectivity index is 0.00000109. The van der Waals surface area contributed by atoms with Crippen molar-refractivity contribution in [3.63, 3.8) is 0 Å². The summed E-state index contributed by atoms with van der Waals surface area (Å²) in [6, 6.07) is 11.4. The summed E-state index contributed by atoms with van der Waals surface area (Å²) in [5.41, 5.74) is 2.43. The Morgan fingerprint density at radius 2 is 2.11 bits per heavy atom. The second kappa shape index (κ2) is 9.32. The lowest BCUT2D eigenvalue weighted by Crippen LogP contribution is -2.33. The van der Waals surface area contributed by atoms with Crippen LogP contribution in [-0.4, -0.2) is 40.1 Å². The number of hydrogen-bond donors (Lipinski definition) is 2. The number of imidazole rings is 1. The molecule has 0 radical (unpaired) electrons. The van der Waals surface area contributed by atoms with Crippen LogP contribution in [0.4, 0.5) is 5.82 Å². The Kier molecular flexibility index (Phi) is 6.60. The second-order valence-corrected chi connectivity index (χ2v) is 6.59. The molecule has 2 N–H and O–H groups in total. The molecule has 1 fully saturated rings. The van der Waals surface area contributed by atoms with Crippen LogP contribution in [0.3, 0.4) is 0 Å². The van der Waals surface area contributed by atoms with Crippen LogP contribution in [-0.2, 0) is 11.2 Å². The lowest BCUT2D eigenvalue weighted by Gasteiger charge is -2.25. The number of hydrogen-bond acceptors (Lipinski definition) is 6. The van der Waals surface area contributed by atoms with Crippen molar-refractivity contribution in [2.45, 2.75) is 27.2 Å². The maximum atomic E-state index is 7.62. The molecule has 0 bridgehead atoms. The molecule has 4 rings (SSSR count). The third-order valence-corrected chi connectivity index (χ3v) is 4.16. The quantitative estimate of drug-likeness (QED) is 0.600. The van der Waals surface area contributed by atoms with Gasteiger partial charge in [-0.3, -0.25) is 0 Å². The lowest BCUT2D eigenvalue weighted by molar-refractivity contribution is -0.0248. The van der Waals surface area contributed by atoms with Crippen LogP contribution in [0.25, 0.3) is 5.65 Å². The summed E-state index contributed by atoms with van der Waals surface area (Å²) in [4.78, 5) is 4.51. The third-order valence-electron chi connectivity index (χ3n) is 4.16. The number of aromatic nitrogens is 3. The molecular formula is C21H27N5O2. The molecule has 1 aromatic carbocycles. The van der Waals surface area contributed by atoms with Gasteiger partial charge >= 0.3 is 0 Å². The SMILES string of the molecule is CC.CC(=N)Cc1cccc(Oc2ccc3nc(NCC4COC4)cn3n2)c1. The van der Waals surface area contributed by atoms with E-state index in [1.165, 1.54) is 0 Å². The lowest BCUT2D eigenvalue weighted by atomic mass is 10.1. The third kappa shape index (κ3) is 5.07. The predicted molar refractivity (Wildman–Crippen MR) is 111 cm³/mol. The highest BCUT2D eigenvalue weighted by Crippen LogP contribution is 2.22. The standard InChI is InChI=1S/C19H21N5O2.C2H6/c1-13(20)7-14-3-2-4-16(8-14)26-19-6-5-18-22-17(10-24(18)23-19)21-9-15-11-25-12-15;1-2/h2-6,8,10,15,20-21H,7,9,11-12H2,1H3;1-2H3. The van der Waals surface area contributed by atoms with Crippen LogP contribution in [0.2, 0.25) is 0 Å². The van der Waals surface area contributed by atoms with Gasteiger partial charge in [0.2, 0.25) is 5.88 Å². The number of rotatable bonds is 7. The van der Waals surface area contributed by atoms with E-state index in [-0.39, 0.29) is 0 Å². The molecule has 0 amide bonds. The van der Waals surface area contributed by atoms with Gasteiger partial charge in [-0.05, 0) is 30.7 Å². The van der Waals surface area contributed by atoms with E-state index in [4.69, 9.17) is 14.9 Å². The van der Waals surface area contributed by atoms with E-state index in [2.05, 4.69) is 15.4 Å². The molecule has 0 unspecified atom stereocenters. The Labute approximate surface area is 165 Å². The minimum atomic E-state index is 0.498. The van der Waals surface area contributed by atoms with Crippen LogP contribution in [0.15, 0.2) is 42.6 Å². The summed E-state index contributed by atoms with van der Waals surface area (Å²) in [5.74, 6) is 2.56. The average Bonchev–Trinajstić information content (AvgIpc) is 3.04. The van der Waals surface area contributed by atoms with Gasteiger partial charge in [-0.2, -0.15) is 0 Å². The maximum Gasteiger partial charge on any atom is 0.237 e. The van der Waals surface area contributed by atoms with Crippen molar-refractivity contribution in [1.82, 2.24) is 14.6 Å². The van der Waals surface area contributed by atoms with Gasteiger partial charge in [-0.15, -0.1) is 5.10 Å². The van der Waals surface area contributed by atoms with Crippen molar-refractivity contribution in [3.05, 3.63) is 48.2 Å². The molecule has 2 aromatic heterocycles. The van der Waals surface area contributed by atoms with Crippen LogP contribution >= 0.6 is 0 Å². The fourth-order valence-electron chi connectivity index (χ4n) is 2.80. The van der Waals surface area contributed by atoms with Crippen LogP contribution < -0.4 is 10.1 Å². The van der Waals surface area contributed by atoms with Gasteiger partial charge in [0, 0.05) is 30.7 Å². The first-order valence-corrected chi connectivity index (χ1v) is 9.64. The van der Waals surface area contributed by atoms with Crippen molar-refractivity contribution in [3.8, 4) is 11.6 Å². The number of ether oxygens (including phenoxy) is 2. The van der Waals surface area contributed by atoms with Crippen LogP contribution in [0.5, 0.6) is 11.6 Å². The number of benzene rings is 1. The van der Waals surface area contributed by atoms with Gasteiger partial charge in [-0.25, -0.2) is 9.50 Å². The topological polar surface area (TPSA) is 84.5 Å². The molecule has 1 aliphatic rings. The Bertz CT molecular complexity index is 933. The number of nitrogens with zero attached hydrogens (tertiary/aromatic N) is 3. The molecule has 0 aliphatic carbocycles. The van der Waals surface area contributed by atoms with Gasteiger partial charge in [0.05, 0.1) is 19.4 Å². The Morgan fingerprint density at radius 1 is 1.29 bits per heavy atom. The fourth-order valence-corrected chi connectivity index (χ4v) is 2.80. The molecule has 28 heavy (non-hydrogen) atoms. The smallest absolute Gasteiger partial charge is 0.237 e. The highest BCUT2D eigenvalue weighted by Gasteiger charge is 2.18. The molecule has 0 saturated carbocycles. The van der Waals surface area contributed by atoms with Crippen LogP contribution in [0, 0.1) is 11.3 Å². The normalized spacial score (nSPS) is 13.4. The predicted octanol–water partition coefficient (Wildman–Crippen LogP) is 4.19. The zero-order chi connectivity index (χ0) is 19.9. The minimum absolute atomic E-state index is 0.498. The first-order valence-electron chi connectivity index (χ1n) is 9.64. The highest BCUT2D eigenvalue weighted by atomic mass is 16.5. The molecule has 7 nitrogen and oxygen atoms in total. The molecule has 0 atom stereocenters. The molecule has 1 aliphatic heterocycles. The number of nitrogens with one attached hydrogen (secondary N) is 2. The molecule has 7 heteroatoms. The Morgan fingerprint density at radius 3 is 2.82 bits per heavy atom. The number of fused-ring (bicyclic) bond motifs is 1.